The monoisotopic (exact) mass is 1190 g/mol. The van der Waals surface area contributed by atoms with Crippen molar-refractivity contribution in [3.05, 3.63) is 162 Å². The fourth-order valence-electron chi connectivity index (χ4n) is 10.1. The fourth-order valence-corrected chi connectivity index (χ4v) is 12.4. The second kappa shape index (κ2) is 29.9. The van der Waals surface area contributed by atoms with Crippen LogP contribution < -0.4 is 54.4 Å². The Morgan fingerprint density at radius 2 is 1.19 bits per heavy atom. The Hall–Kier alpha value is -8.44. The molecule has 85 heavy (non-hydrogen) atoms. The molecule has 1 fully saturated rings. The normalized spacial score (nSPS) is 20.3. The number of carbonyl (C=O) groups is 8. The van der Waals surface area contributed by atoms with Gasteiger partial charge < -0.3 is 64.5 Å². The summed E-state index contributed by atoms with van der Waals surface area (Å²) < 4.78 is 0. The van der Waals surface area contributed by atoms with Crippen molar-refractivity contribution < 1.29 is 43.5 Å². The molecule has 0 bridgehead atoms. The van der Waals surface area contributed by atoms with E-state index in [0.717, 1.165) is 59.6 Å². The molecule has 0 unspecified atom stereocenters. The number of aromatic amines is 1. The molecule has 20 nitrogen and oxygen atoms in total. The number of aromatic hydroxyl groups is 1. The van der Waals surface area contributed by atoms with Crippen LogP contribution in [0.3, 0.4) is 0 Å². The molecule has 1 aliphatic heterocycles. The van der Waals surface area contributed by atoms with Gasteiger partial charge in [-0.2, -0.15) is 0 Å². The summed E-state index contributed by atoms with van der Waals surface area (Å²) in [6, 6.07) is 29.7. The summed E-state index contributed by atoms with van der Waals surface area (Å²) in [6.07, 6.45) is 2.56. The average Bonchev–Trinajstić information content (AvgIpc) is 4.02. The van der Waals surface area contributed by atoms with E-state index in [-0.39, 0.29) is 55.9 Å². The minimum Gasteiger partial charge on any atom is -0.508 e. The highest BCUT2D eigenvalue weighted by atomic mass is 33.1. The van der Waals surface area contributed by atoms with Gasteiger partial charge in [-0.3, -0.25) is 38.4 Å². The maximum atomic E-state index is 15.0. The van der Waals surface area contributed by atoms with Gasteiger partial charge in [0.05, 0.1) is 6.04 Å². The number of rotatable bonds is 18. The number of fused-ring (bicyclic) bond motifs is 3. The summed E-state index contributed by atoms with van der Waals surface area (Å²) >= 11 is 0. The zero-order valence-corrected chi connectivity index (χ0v) is 48.9. The Labute approximate surface area is 500 Å². The average molecular weight is 1190 g/mol. The van der Waals surface area contributed by atoms with Crippen molar-refractivity contribution >= 4 is 101 Å². The van der Waals surface area contributed by atoms with Gasteiger partial charge in [0, 0.05) is 47.9 Å². The van der Waals surface area contributed by atoms with Gasteiger partial charge in [-0.1, -0.05) is 151 Å². The topological polar surface area (TPSA) is 335 Å². The quantitative estimate of drug-likeness (QED) is 0.0430. The summed E-state index contributed by atoms with van der Waals surface area (Å²) in [4.78, 5) is 119. The van der Waals surface area contributed by atoms with E-state index in [0.29, 0.717) is 29.5 Å². The number of benzene rings is 6. The molecule has 8 rings (SSSR count). The number of nitrogens with one attached hydrogen (secondary N) is 8. The standard InChI is InChI=1S/C63H73N11O9S2/c1-36(2)55-63(83)73-54(61(81)69-50(56(66)76)31-39-19-23-41-12-4-6-14-43(41)28-39)35-85-84-34-53(72-57(77)47(65)29-38-18-22-40-11-3-5-13-42(40)27-38)62(82)70-51(30-37-20-24-45(75)25-21-37)59(79)71-52(32-44-33-67-48-16-8-7-15-46(44)48)60(80)68-49(58(78)74-55)17-9-10-26-64/h3-8,11-16,18-25,27-28,33,36,47,49-55,67,75H,9-10,17,26,29-32,34-35,64-65H2,1-2H3,(H2,66,76)(H,68,80)(H,69,81)(H,70,82)(H,71,79)(H,72,77)(H,73,83)(H,74,78)/t47-,49-,50+,51-,52+,53-,54+,55-/m0/s1. The molecule has 1 aliphatic rings. The lowest BCUT2D eigenvalue weighted by atomic mass is 9.99. The lowest BCUT2D eigenvalue weighted by molar-refractivity contribution is -0.136. The second-order valence-corrected chi connectivity index (χ2v) is 24.2. The molecule has 8 amide bonds. The van der Waals surface area contributed by atoms with Crippen LogP contribution in [-0.2, 0) is 64.0 Å². The molecule has 0 aliphatic carbocycles. The van der Waals surface area contributed by atoms with Crippen LogP contribution in [-0.4, -0.2) is 124 Å². The number of phenols is 1. The van der Waals surface area contributed by atoms with Gasteiger partial charge in [0.1, 0.15) is 48.0 Å². The molecule has 8 atom stereocenters. The van der Waals surface area contributed by atoms with Gasteiger partial charge in [0.15, 0.2) is 0 Å². The van der Waals surface area contributed by atoms with Crippen molar-refractivity contribution in [2.24, 2.45) is 23.1 Å². The van der Waals surface area contributed by atoms with Crippen LogP contribution in [0.15, 0.2) is 140 Å². The number of phenolic OH excluding ortho intramolecular Hbond substituents is 1. The Balaban J connectivity index is 1.14. The third-order valence-electron chi connectivity index (χ3n) is 14.9. The Kier molecular flexibility index (Phi) is 22.0. The summed E-state index contributed by atoms with van der Waals surface area (Å²) in [7, 11) is 2.14. The number of primary amides is 1. The van der Waals surface area contributed by atoms with Crippen LogP contribution >= 0.6 is 21.6 Å². The van der Waals surface area contributed by atoms with Gasteiger partial charge in [-0.05, 0) is 100 Å². The number of hydrogen-bond donors (Lipinski definition) is 12. The first-order chi connectivity index (χ1) is 40.9. The van der Waals surface area contributed by atoms with E-state index in [4.69, 9.17) is 17.2 Å². The lowest BCUT2D eigenvalue weighted by Crippen LogP contribution is -2.61. The summed E-state index contributed by atoms with van der Waals surface area (Å²) in [5.41, 5.74) is 21.8. The van der Waals surface area contributed by atoms with E-state index >= 15 is 0 Å². The van der Waals surface area contributed by atoms with Gasteiger partial charge in [0.25, 0.3) is 0 Å². The highest BCUT2D eigenvalue weighted by Gasteiger charge is 2.36. The molecule has 1 saturated heterocycles. The molecule has 1 aromatic heterocycles. The minimum atomic E-state index is -1.41. The maximum absolute atomic E-state index is 15.0. The molecule has 6 aromatic carbocycles. The van der Waals surface area contributed by atoms with E-state index in [1.807, 2.05) is 109 Å². The van der Waals surface area contributed by atoms with Crippen molar-refractivity contribution in [3.8, 4) is 5.75 Å². The largest absolute Gasteiger partial charge is 0.508 e. The molecule has 2 heterocycles. The van der Waals surface area contributed by atoms with Crippen molar-refractivity contribution in [1.82, 2.24) is 42.2 Å². The highest BCUT2D eigenvalue weighted by Crippen LogP contribution is 2.26. The molecule has 446 valence electrons. The van der Waals surface area contributed by atoms with Crippen LogP contribution in [0, 0.1) is 5.92 Å². The predicted molar refractivity (Wildman–Crippen MR) is 332 cm³/mol. The van der Waals surface area contributed by atoms with Gasteiger partial charge >= 0.3 is 0 Å². The molecule has 22 heteroatoms. The molecule has 0 saturated carbocycles. The number of amides is 8. The third-order valence-corrected chi connectivity index (χ3v) is 17.3. The number of carbonyl (C=O) groups excluding carboxylic acids is 8. The van der Waals surface area contributed by atoms with Gasteiger partial charge in [0.2, 0.25) is 47.3 Å². The number of unbranched alkanes of at least 4 members (excludes halogenated alkanes) is 1. The van der Waals surface area contributed by atoms with Crippen LogP contribution in [0.2, 0.25) is 0 Å². The SMILES string of the molecule is CC(C)[C@@H]1NC(=O)[C@H](CCCCN)NC(=O)[C@@H](Cc2c[nH]c3ccccc23)NC(=O)[C@H](Cc2ccc(O)cc2)NC(=O)[C@@H](NC(=O)[C@@H](N)Cc2ccc3ccccc3c2)CSSC[C@H](C(=O)N[C@H](Cc2ccc3ccccc3c2)C(N)=O)NC1=O. The number of nitrogens with two attached hydrogens (primary N) is 3. The first-order valence-electron chi connectivity index (χ1n) is 28.3. The molecular formula is C63H73N11O9S2. The van der Waals surface area contributed by atoms with Gasteiger partial charge in [-0.15, -0.1) is 0 Å². The zero-order chi connectivity index (χ0) is 60.6. The van der Waals surface area contributed by atoms with Crippen LogP contribution in [0.5, 0.6) is 5.75 Å². The number of H-pyrrole nitrogens is 1. The number of para-hydroxylation sites is 1. The second-order valence-electron chi connectivity index (χ2n) is 21.7. The van der Waals surface area contributed by atoms with E-state index < -0.39 is 102 Å². The smallest absolute Gasteiger partial charge is 0.244 e. The van der Waals surface area contributed by atoms with E-state index in [9.17, 15) is 43.5 Å². The van der Waals surface area contributed by atoms with E-state index in [1.165, 1.54) is 12.1 Å². The lowest BCUT2D eigenvalue weighted by Gasteiger charge is -2.29. The Bertz CT molecular complexity index is 3530. The number of hydrogen-bond acceptors (Lipinski definition) is 13. The molecule has 15 N–H and O–H groups in total. The van der Waals surface area contributed by atoms with E-state index in [2.05, 4.69) is 42.2 Å². The fraction of sp³-hybridized carbons (Fsp3) is 0.333. The number of aromatic nitrogens is 1. The van der Waals surface area contributed by atoms with Crippen molar-refractivity contribution in [2.75, 3.05) is 18.1 Å². The molecule has 0 radical (unpaired) electrons. The first-order valence-corrected chi connectivity index (χ1v) is 30.8. The summed E-state index contributed by atoms with van der Waals surface area (Å²) in [5.74, 6) is -7.08. The van der Waals surface area contributed by atoms with Gasteiger partial charge in [-0.25, -0.2) is 0 Å². The highest BCUT2D eigenvalue weighted by molar-refractivity contribution is 8.76. The van der Waals surface area contributed by atoms with Crippen LogP contribution in [0.4, 0.5) is 0 Å². The molecular weight excluding hydrogens is 1120 g/mol. The maximum Gasteiger partial charge on any atom is 0.244 e. The molecule has 0 spiro atoms. The Morgan fingerprint density at radius 3 is 1.84 bits per heavy atom. The predicted octanol–water partition coefficient (Wildman–Crippen LogP) is 3.84. The zero-order valence-electron chi connectivity index (χ0n) is 47.3. The van der Waals surface area contributed by atoms with Crippen molar-refractivity contribution in [3.63, 3.8) is 0 Å². The minimum absolute atomic E-state index is 0.0182. The summed E-state index contributed by atoms with van der Waals surface area (Å²) in [6.45, 7) is 3.69. The first kappa shape index (κ1) is 62.6. The van der Waals surface area contributed by atoms with Crippen molar-refractivity contribution in [2.45, 2.75) is 107 Å². The van der Waals surface area contributed by atoms with Crippen LogP contribution in [0.1, 0.15) is 55.4 Å². The Morgan fingerprint density at radius 1 is 0.624 bits per heavy atom. The van der Waals surface area contributed by atoms with Crippen molar-refractivity contribution in [1.29, 1.82) is 0 Å². The summed E-state index contributed by atoms with van der Waals surface area (Å²) in [5, 5.41) is 34.5. The van der Waals surface area contributed by atoms with Crippen LogP contribution in [0.25, 0.3) is 32.4 Å². The third kappa shape index (κ3) is 17.3. The van der Waals surface area contributed by atoms with E-state index in [1.54, 1.807) is 32.2 Å². The molecule has 7 aromatic rings.